The van der Waals surface area contributed by atoms with Crippen LogP contribution in [0.2, 0.25) is 5.02 Å². The van der Waals surface area contributed by atoms with Crippen LogP contribution in [0.25, 0.3) is 0 Å². The van der Waals surface area contributed by atoms with Crippen LogP contribution in [0.3, 0.4) is 0 Å². The van der Waals surface area contributed by atoms with Crippen LogP contribution in [-0.2, 0) is 12.7 Å². The SMILES string of the molecule is Oc1ccc(CNc2ccc(Cl)cc2C(F)(F)F)c(O)c1. The van der Waals surface area contributed by atoms with E-state index in [1.165, 1.54) is 24.3 Å². The molecule has 0 atom stereocenters. The molecule has 0 saturated carbocycles. The first kappa shape index (κ1) is 15.3. The lowest BCUT2D eigenvalue weighted by Crippen LogP contribution is -2.11. The Labute approximate surface area is 123 Å². The van der Waals surface area contributed by atoms with E-state index in [0.29, 0.717) is 5.56 Å². The van der Waals surface area contributed by atoms with Gasteiger partial charge < -0.3 is 15.5 Å². The topological polar surface area (TPSA) is 52.5 Å². The van der Waals surface area contributed by atoms with Crippen molar-refractivity contribution in [2.75, 3.05) is 5.32 Å². The highest BCUT2D eigenvalue weighted by Crippen LogP contribution is 2.37. The van der Waals surface area contributed by atoms with Crippen LogP contribution in [0.5, 0.6) is 11.5 Å². The summed E-state index contributed by atoms with van der Waals surface area (Å²) in [6, 6.07) is 7.27. The number of hydrogen-bond donors (Lipinski definition) is 3. The zero-order chi connectivity index (χ0) is 15.6. The second-order valence-corrected chi connectivity index (χ2v) is 4.79. The Morgan fingerprint density at radius 2 is 1.76 bits per heavy atom. The van der Waals surface area contributed by atoms with Crippen LogP contribution in [0.1, 0.15) is 11.1 Å². The van der Waals surface area contributed by atoms with E-state index in [1.54, 1.807) is 0 Å². The minimum atomic E-state index is -4.54. The van der Waals surface area contributed by atoms with Crippen LogP contribution in [0.4, 0.5) is 18.9 Å². The maximum atomic E-state index is 12.9. The van der Waals surface area contributed by atoms with Crippen molar-refractivity contribution in [2.45, 2.75) is 12.7 Å². The molecule has 0 saturated heterocycles. The quantitative estimate of drug-likeness (QED) is 0.787. The Hall–Kier alpha value is -2.08. The molecule has 0 aliphatic carbocycles. The van der Waals surface area contributed by atoms with Gasteiger partial charge in [0.25, 0.3) is 0 Å². The number of phenolic OH excluding ortho intramolecular Hbond substituents is 2. The summed E-state index contributed by atoms with van der Waals surface area (Å²) in [4.78, 5) is 0. The molecule has 0 aromatic heterocycles. The molecule has 2 aromatic rings. The number of rotatable bonds is 3. The summed E-state index contributed by atoms with van der Waals surface area (Å²) in [5.74, 6) is -0.330. The molecule has 3 nitrogen and oxygen atoms in total. The molecular weight excluding hydrogens is 307 g/mol. The zero-order valence-electron chi connectivity index (χ0n) is 10.6. The molecule has 0 bridgehead atoms. The predicted molar refractivity (Wildman–Crippen MR) is 73.6 cm³/mol. The molecule has 0 unspecified atom stereocenters. The standard InChI is InChI=1S/C14H11ClF3NO2/c15-9-2-4-12(11(5-9)14(16,17)18)19-7-8-1-3-10(20)6-13(8)21/h1-6,19-21H,7H2. The van der Waals surface area contributed by atoms with Gasteiger partial charge in [0.2, 0.25) is 0 Å². The molecule has 2 aromatic carbocycles. The Kier molecular flexibility index (Phi) is 4.18. The Morgan fingerprint density at radius 1 is 1.05 bits per heavy atom. The van der Waals surface area contributed by atoms with Gasteiger partial charge in [-0.3, -0.25) is 0 Å². The van der Waals surface area contributed by atoms with E-state index in [9.17, 15) is 18.3 Å². The summed E-state index contributed by atoms with van der Waals surface area (Å²) in [7, 11) is 0. The van der Waals surface area contributed by atoms with Crippen LogP contribution in [0, 0.1) is 0 Å². The van der Waals surface area contributed by atoms with Gasteiger partial charge in [0, 0.05) is 28.9 Å². The third-order valence-corrected chi connectivity index (χ3v) is 3.06. The highest BCUT2D eigenvalue weighted by Gasteiger charge is 2.33. The third-order valence-electron chi connectivity index (χ3n) is 2.83. The maximum absolute atomic E-state index is 12.9. The first-order valence-corrected chi connectivity index (χ1v) is 6.26. The summed E-state index contributed by atoms with van der Waals surface area (Å²) in [6.07, 6.45) is -4.54. The molecule has 0 heterocycles. The van der Waals surface area contributed by atoms with Gasteiger partial charge in [0.05, 0.1) is 5.56 Å². The second-order valence-electron chi connectivity index (χ2n) is 4.35. The number of aromatic hydroxyl groups is 2. The second kappa shape index (κ2) is 5.73. The lowest BCUT2D eigenvalue weighted by atomic mass is 10.1. The van der Waals surface area contributed by atoms with Crippen molar-refractivity contribution in [1.82, 2.24) is 0 Å². The molecule has 3 N–H and O–H groups in total. The van der Waals surface area contributed by atoms with Gasteiger partial charge in [0.15, 0.2) is 0 Å². The van der Waals surface area contributed by atoms with Crippen molar-refractivity contribution in [3.05, 3.63) is 52.5 Å². The van der Waals surface area contributed by atoms with Gasteiger partial charge in [0.1, 0.15) is 11.5 Å². The van der Waals surface area contributed by atoms with Crippen molar-refractivity contribution in [3.8, 4) is 11.5 Å². The van der Waals surface area contributed by atoms with Crippen LogP contribution >= 0.6 is 11.6 Å². The van der Waals surface area contributed by atoms with Gasteiger partial charge in [-0.1, -0.05) is 11.6 Å². The lowest BCUT2D eigenvalue weighted by Gasteiger charge is -2.15. The first-order valence-electron chi connectivity index (χ1n) is 5.89. The van der Waals surface area contributed by atoms with Gasteiger partial charge >= 0.3 is 6.18 Å². The number of nitrogens with one attached hydrogen (secondary N) is 1. The monoisotopic (exact) mass is 317 g/mol. The molecule has 0 spiro atoms. The Bertz CT molecular complexity index is 659. The fraction of sp³-hybridized carbons (Fsp3) is 0.143. The van der Waals surface area contributed by atoms with Gasteiger partial charge in [-0.05, 0) is 30.3 Å². The van der Waals surface area contributed by atoms with Crippen molar-refractivity contribution in [2.24, 2.45) is 0 Å². The number of benzene rings is 2. The molecule has 0 amide bonds. The lowest BCUT2D eigenvalue weighted by molar-refractivity contribution is -0.136. The molecule has 0 fully saturated rings. The van der Waals surface area contributed by atoms with E-state index in [1.807, 2.05) is 0 Å². The van der Waals surface area contributed by atoms with Crippen LogP contribution < -0.4 is 5.32 Å². The van der Waals surface area contributed by atoms with Gasteiger partial charge in [-0.2, -0.15) is 13.2 Å². The van der Waals surface area contributed by atoms with Gasteiger partial charge in [-0.25, -0.2) is 0 Å². The van der Waals surface area contributed by atoms with Crippen molar-refractivity contribution in [1.29, 1.82) is 0 Å². The van der Waals surface area contributed by atoms with E-state index in [2.05, 4.69) is 5.32 Å². The van der Waals surface area contributed by atoms with Crippen molar-refractivity contribution >= 4 is 17.3 Å². The number of alkyl halides is 3. The van der Waals surface area contributed by atoms with Crippen LogP contribution in [0.15, 0.2) is 36.4 Å². The highest BCUT2D eigenvalue weighted by molar-refractivity contribution is 6.30. The van der Waals surface area contributed by atoms with E-state index in [4.69, 9.17) is 16.7 Å². The summed E-state index contributed by atoms with van der Waals surface area (Å²) < 4.78 is 38.7. The average Bonchev–Trinajstić information content (AvgIpc) is 2.38. The average molecular weight is 318 g/mol. The van der Waals surface area contributed by atoms with E-state index >= 15 is 0 Å². The normalized spacial score (nSPS) is 11.4. The van der Waals surface area contributed by atoms with E-state index in [-0.39, 0.29) is 28.8 Å². The number of phenols is 2. The van der Waals surface area contributed by atoms with E-state index in [0.717, 1.165) is 12.1 Å². The molecule has 21 heavy (non-hydrogen) atoms. The molecule has 0 aliphatic rings. The summed E-state index contributed by atoms with van der Waals surface area (Å²) >= 11 is 5.59. The minimum Gasteiger partial charge on any atom is -0.508 e. The molecular formula is C14H11ClF3NO2. The summed E-state index contributed by atoms with van der Waals surface area (Å²) in [6.45, 7) is -0.0309. The van der Waals surface area contributed by atoms with E-state index < -0.39 is 11.7 Å². The molecule has 0 radical (unpaired) electrons. The van der Waals surface area contributed by atoms with Crippen molar-refractivity contribution in [3.63, 3.8) is 0 Å². The predicted octanol–water partition coefficient (Wildman–Crippen LogP) is 4.38. The number of halogens is 4. The number of hydrogen-bond acceptors (Lipinski definition) is 3. The first-order chi connectivity index (χ1) is 9.77. The molecule has 0 aliphatic heterocycles. The van der Waals surface area contributed by atoms with Crippen molar-refractivity contribution < 1.29 is 23.4 Å². The molecule has 112 valence electrons. The largest absolute Gasteiger partial charge is 0.508 e. The Morgan fingerprint density at radius 3 is 2.38 bits per heavy atom. The minimum absolute atomic E-state index is 0.0136. The maximum Gasteiger partial charge on any atom is 0.418 e. The Balaban J connectivity index is 2.24. The number of anilines is 1. The summed E-state index contributed by atoms with van der Waals surface area (Å²) in [5, 5.41) is 21.3. The molecule has 2 rings (SSSR count). The van der Waals surface area contributed by atoms with Crippen LogP contribution in [-0.4, -0.2) is 10.2 Å². The summed E-state index contributed by atoms with van der Waals surface area (Å²) in [5.41, 5.74) is -0.663. The zero-order valence-corrected chi connectivity index (χ0v) is 11.3. The highest BCUT2D eigenvalue weighted by atomic mass is 35.5. The smallest absolute Gasteiger partial charge is 0.418 e. The molecule has 7 heteroatoms. The fourth-order valence-electron chi connectivity index (χ4n) is 1.80. The van der Waals surface area contributed by atoms with Gasteiger partial charge in [-0.15, -0.1) is 0 Å². The third kappa shape index (κ3) is 3.72. The fourth-order valence-corrected chi connectivity index (χ4v) is 1.97.